The number of amides is 1. The molecule has 0 saturated heterocycles. The summed E-state index contributed by atoms with van der Waals surface area (Å²) in [6, 6.07) is 18.3. The molecule has 1 aliphatic rings. The first kappa shape index (κ1) is 23.4. The number of fused-ring (bicyclic) bond motifs is 1. The largest absolute Gasteiger partial charge is 0.507 e. The average molecular weight is 464 g/mol. The highest BCUT2D eigenvalue weighted by atomic mass is 16.5. The Morgan fingerprint density at radius 1 is 1.06 bits per heavy atom. The molecule has 178 valence electrons. The molecule has 3 aromatic rings. The van der Waals surface area contributed by atoms with Crippen LogP contribution in [0.4, 0.5) is 0 Å². The fourth-order valence-corrected chi connectivity index (χ4v) is 4.06. The number of phenolic OH excluding ortho intramolecular Hbond substituents is 1. The van der Waals surface area contributed by atoms with Crippen LogP contribution in [-0.2, 0) is 24.3 Å². The fourth-order valence-electron chi connectivity index (χ4n) is 4.06. The molecule has 0 radical (unpaired) electrons. The first-order chi connectivity index (χ1) is 16.6. The number of phenols is 1. The number of nitrogens with zero attached hydrogens (tertiary/aromatic N) is 1. The zero-order chi connectivity index (χ0) is 23.9. The van der Waals surface area contributed by atoms with Crippen molar-refractivity contribution in [1.29, 1.82) is 0 Å². The molecule has 1 aliphatic heterocycles. The Morgan fingerprint density at radius 2 is 1.91 bits per heavy atom. The van der Waals surface area contributed by atoms with E-state index in [1.165, 1.54) is 6.07 Å². The SMILES string of the molecule is COc1cccc(CCOCc2ccc3c(c2)CN(C(=O)c2ccccc2O)CCO3)c1OC. The van der Waals surface area contributed by atoms with E-state index >= 15 is 0 Å². The van der Waals surface area contributed by atoms with Gasteiger partial charge in [-0.2, -0.15) is 0 Å². The van der Waals surface area contributed by atoms with Crippen LogP contribution in [0.3, 0.4) is 0 Å². The van der Waals surface area contributed by atoms with Crippen LogP contribution in [0.5, 0.6) is 23.0 Å². The van der Waals surface area contributed by atoms with Crippen LogP contribution in [0.25, 0.3) is 0 Å². The molecule has 0 aromatic heterocycles. The van der Waals surface area contributed by atoms with Crippen LogP contribution in [0.1, 0.15) is 27.0 Å². The molecule has 0 aliphatic carbocycles. The molecule has 0 bridgehead atoms. The summed E-state index contributed by atoms with van der Waals surface area (Å²) < 4.78 is 22.6. The number of aromatic hydroxyl groups is 1. The average Bonchev–Trinajstić information content (AvgIpc) is 3.08. The van der Waals surface area contributed by atoms with Gasteiger partial charge in [0.25, 0.3) is 5.91 Å². The van der Waals surface area contributed by atoms with Crippen molar-refractivity contribution in [3.8, 4) is 23.0 Å². The molecule has 3 aromatic carbocycles. The highest BCUT2D eigenvalue weighted by Crippen LogP contribution is 2.31. The summed E-state index contributed by atoms with van der Waals surface area (Å²) in [5.41, 5.74) is 3.22. The minimum atomic E-state index is -0.219. The van der Waals surface area contributed by atoms with Crippen LogP contribution in [0.2, 0.25) is 0 Å². The Morgan fingerprint density at radius 3 is 2.71 bits per heavy atom. The summed E-state index contributed by atoms with van der Waals surface area (Å²) in [6.07, 6.45) is 0.692. The summed E-state index contributed by atoms with van der Waals surface area (Å²) in [5.74, 6) is 1.95. The van der Waals surface area contributed by atoms with Crippen LogP contribution < -0.4 is 14.2 Å². The Labute approximate surface area is 199 Å². The van der Waals surface area contributed by atoms with Gasteiger partial charge in [-0.15, -0.1) is 0 Å². The molecule has 7 nitrogen and oxygen atoms in total. The highest BCUT2D eigenvalue weighted by Gasteiger charge is 2.23. The van der Waals surface area contributed by atoms with Crippen LogP contribution >= 0.6 is 0 Å². The topological polar surface area (TPSA) is 77.5 Å². The van der Waals surface area contributed by atoms with Crippen molar-refractivity contribution in [3.05, 3.63) is 82.9 Å². The Balaban J connectivity index is 1.39. The molecule has 0 saturated carbocycles. The van der Waals surface area contributed by atoms with E-state index in [2.05, 4.69) is 0 Å². The lowest BCUT2D eigenvalue weighted by molar-refractivity contribution is 0.0730. The van der Waals surface area contributed by atoms with Gasteiger partial charge in [-0.1, -0.05) is 30.3 Å². The number of benzene rings is 3. The normalized spacial score (nSPS) is 12.9. The third-order valence-electron chi connectivity index (χ3n) is 5.80. The number of rotatable bonds is 8. The lowest BCUT2D eigenvalue weighted by atomic mass is 10.1. The summed E-state index contributed by atoms with van der Waals surface area (Å²) in [4.78, 5) is 14.7. The highest BCUT2D eigenvalue weighted by molar-refractivity contribution is 5.96. The Bertz CT molecular complexity index is 1150. The maximum Gasteiger partial charge on any atom is 0.258 e. The van der Waals surface area contributed by atoms with Crippen molar-refractivity contribution in [2.24, 2.45) is 0 Å². The van der Waals surface area contributed by atoms with Gasteiger partial charge in [0.2, 0.25) is 0 Å². The van der Waals surface area contributed by atoms with E-state index in [0.717, 1.165) is 28.2 Å². The first-order valence-corrected chi connectivity index (χ1v) is 11.2. The van der Waals surface area contributed by atoms with Gasteiger partial charge in [-0.3, -0.25) is 4.79 Å². The molecule has 0 fully saturated rings. The van der Waals surface area contributed by atoms with Crippen molar-refractivity contribution >= 4 is 5.91 Å². The third-order valence-corrected chi connectivity index (χ3v) is 5.80. The number of methoxy groups -OCH3 is 2. The van der Waals surface area contributed by atoms with Gasteiger partial charge < -0.3 is 29.0 Å². The van der Waals surface area contributed by atoms with Crippen molar-refractivity contribution in [2.45, 2.75) is 19.6 Å². The second-order valence-corrected chi connectivity index (χ2v) is 7.99. The zero-order valence-electron chi connectivity index (χ0n) is 19.5. The summed E-state index contributed by atoms with van der Waals surface area (Å²) in [5, 5.41) is 10.1. The maximum atomic E-state index is 13.0. The fraction of sp³-hybridized carbons (Fsp3) is 0.296. The monoisotopic (exact) mass is 463 g/mol. The molecule has 0 unspecified atom stereocenters. The van der Waals surface area contributed by atoms with E-state index in [1.54, 1.807) is 37.3 Å². The second-order valence-electron chi connectivity index (χ2n) is 7.99. The summed E-state index contributed by atoms with van der Waals surface area (Å²) >= 11 is 0. The van der Waals surface area contributed by atoms with Crippen molar-refractivity contribution in [2.75, 3.05) is 34.0 Å². The van der Waals surface area contributed by atoms with Crippen LogP contribution in [0, 0.1) is 0 Å². The number of hydrogen-bond donors (Lipinski definition) is 1. The number of carbonyl (C=O) groups excluding carboxylic acids is 1. The van der Waals surface area contributed by atoms with Crippen molar-refractivity contribution < 1.29 is 28.8 Å². The first-order valence-electron chi connectivity index (χ1n) is 11.2. The standard InChI is InChI=1S/C27H29NO6/c1-31-25-9-5-6-20(26(25)32-2)12-14-33-18-19-10-11-24-21(16-19)17-28(13-15-34-24)27(30)22-7-3-4-8-23(22)29/h3-11,16,29H,12-15,17-18H2,1-2H3. The van der Waals surface area contributed by atoms with Crippen molar-refractivity contribution in [1.82, 2.24) is 4.90 Å². The van der Waals surface area contributed by atoms with E-state index in [-0.39, 0.29) is 11.7 Å². The van der Waals surface area contributed by atoms with E-state index < -0.39 is 0 Å². The smallest absolute Gasteiger partial charge is 0.258 e. The lowest BCUT2D eigenvalue weighted by Crippen LogP contribution is -2.32. The third kappa shape index (κ3) is 5.26. The van der Waals surface area contributed by atoms with E-state index in [9.17, 15) is 9.90 Å². The quantitative estimate of drug-likeness (QED) is 0.505. The Hall–Kier alpha value is -3.71. The zero-order valence-corrected chi connectivity index (χ0v) is 19.5. The minimum absolute atomic E-state index is 0.0206. The lowest BCUT2D eigenvalue weighted by Gasteiger charge is -2.20. The second kappa shape index (κ2) is 10.9. The van der Waals surface area contributed by atoms with Gasteiger partial charge in [0.15, 0.2) is 11.5 Å². The van der Waals surface area contributed by atoms with Gasteiger partial charge in [0.1, 0.15) is 18.1 Å². The van der Waals surface area contributed by atoms with Gasteiger partial charge in [0.05, 0.1) is 39.5 Å². The predicted molar refractivity (Wildman–Crippen MR) is 128 cm³/mol. The molecule has 0 atom stereocenters. The molecular weight excluding hydrogens is 434 g/mol. The molecule has 4 rings (SSSR count). The molecule has 7 heteroatoms. The van der Waals surface area contributed by atoms with Gasteiger partial charge >= 0.3 is 0 Å². The molecule has 1 N–H and O–H groups in total. The van der Waals surface area contributed by atoms with E-state index in [0.29, 0.717) is 50.6 Å². The maximum absolute atomic E-state index is 13.0. The molecule has 1 heterocycles. The molecular formula is C27H29NO6. The van der Waals surface area contributed by atoms with Crippen molar-refractivity contribution in [3.63, 3.8) is 0 Å². The number of para-hydroxylation sites is 2. The summed E-state index contributed by atoms with van der Waals surface area (Å²) in [7, 11) is 3.25. The van der Waals surface area contributed by atoms with Gasteiger partial charge in [-0.05, 0) is 42.3 Å². The Kier molecular flexibility index (Phi) is 7.54. The minimum Gasteiger partial charge on any atom is -0.507 e. The van der Waals surface area contributed by atoms with Crippen LogP contribution in [-0.4, -0.2) is 49.9 Å². The molecule has 1 amide bonds. The van der Waals surface area contributed by atoms with Gasteiger partial charge in [-0.25, -0.2) is 0 Å². The number of ether oxygens (including phenoxy) is 4. The van der Waals surface area contributed by atoms with E-state index in [4.69, 9.17) is 18.9 Å². The van der Waals surface area contributed by atoms with Crippen LogP contribution in [0.15, 0.2) is 60.7 Å². The number of carbonyl (C=O) groups is 1. The molecule has 34 heavy (non-hydrogen) atoms. The van der Waals surface area contributed by atoms with Gasteiger partial charge in [0, 0.05) is 17.7 Å². The predicted octanol–water partition coefficient (Wildman–Crippen LogP) is 4.20. The summed E-state index contributed by atoms with van der Waals surface area (Å²) in [6.45, 7) is 2.19. The van der Waals surface area contributed by atoms with E-state index in [1.807, 2.05) is 36.4 Å². The molecule has 0 spiro atoms. The number of hydrogen-bond acceptors (Lipinski definition) is 6.